The van der Waals surface area contributed by atoms with E-state index in [1.54, 1.807) is 27.9 Å². The lowest BCUT2D eigenvalue weighted by Gasteiger charge is -2.35. The van der Waals surface area contributed by atoms with Crippen LogP contribution in [0.2, 0.25) is 0 Å². The van der Waals surface area contributed by atoms with Crippen molar-refractivity contribution in [1.29, 1.82) is 0 Å². The van der Waals surface area contributed by atoms with Crippen LogP contribution in [0.3, 0.4) is 0 Å². The highest BCUT2D eigenvalue weighted by Gasteiger charge is 2.39. The van der Waals surface area contributed by atoms with Crippen molar-refractivity contribution in [3.8, 4) is 5.75 Å². The number of ether oxygens (including phenoxy) is 1. The maximum atomic E-state index is 12.7. The molecule has 0 spiro atoms. The van der Waals surface area contributed by atoms with Crippen LogP contribution in [-0.4, -0.2) is 41.1 Å². The minimum atomic E-state index is -1.21. The van der Waals surface area contributed by atoms with E-state index in [0.717, 1.165) is 11.3 Å². The Balaban J connectivity index is 2.83. The molecule has 0 aliphatic carbocycles. The summed E-state index contributed by atoms with van der Waals surface area (Å²) in [6.45, 7) is 5.06. The maximum Gasteiger partial charge on any atom is 0.250 e. The van der Waals surface area contributed by atoms with Crippen LogP contribution >= 0.6 is 0 Å². The Morgan fingerprint density at radius 3 is 2.14 bits per heavy atom. The maximum absolute atomic E-state index is 12.7. The van der Waals surface area contributed by atoms with E-state index in [4.69, 9.17) is 16.2 Å². The van der Waals surface area contributed by atoms with Crippen LogP contribution in [-0.2, 0) is 20.8 Å². The van der Waals surface area contributed by atoms with Gasteiger partial charge in [0.05, 0.1) is 7.11 Å². The molecule has 1 aromatic rings. The van der Waals surface area contributed by atoms with Crippen LogP contribution < -0.4 is 16.2 Å². The number of nitrogens with zero attached hydrogens (tertiary/aromatic N) is 1. The van der Waals surface area contributed by atoms with E-state index in [2.05, 4.69) is 0 Å². The van der Waals surface area contributed by atoms with Crippen molar-refractivity contribution < 1.29 is 24.3 Å². The Morgan fingerprint density at radius 1 is 1.14 bits per heavy atom. The van der Waals surface area contributed by atoms with Gasteiger partial charge < -0.3 is 16.2 Å². The summed E-state index contributed by atoms with van der Waals surface area (Å²) in [5.41, 5.74) is 10.9. The van der Waals surface area contributed by atoms with E-state index >= 15 is 0 Å². The Kier molecular flexibility index (Phi) is 8.43. The lowest BCUT2D eigenvalue weighted by atomic mass is 9.85. The van der Waals surface area contributed by atoms with E-state index in [-0.39, 0.29) is 6.42 Å². The minimum Gasteiger partial charge on any atom is -0.497 e. The van der Waals surface area contributed by atoms with E-state index in [1.807, 2.05) is 24.3 Å². The molecule has 0 unspecified atom stereocenters. The Hall–Kier alpha value is -2.61. The standard InChI is InChI=1S/C20H31N3O5/c1-20(2,3)17(18(22)25)23(27)19(26)14(12-16(21)24)7-5-6-13-8-10-15(28-4)11-9-13/h8-11,14,17,27H,5-7,12H2,1-4H3,(H2,21,24)(H2,22,25)/t14-,17-/m1/s1. The van der Waals surface area contributed by atoms with Gasteiger partial charge in [0.1, 0.15) is 11.8 Å². The summed E-state index contributed by atoms with van der Waals surface area (Å²) in [7, 11) is 1.59. The molecule has 1 aromatic carbocycles. The highest BCUT2D eigenvalue weighted by atomic mass is 16.5. The van der Waals surface area contributed by atoms with Gasteiger partial charge in [0.15, 0.2) is 0 Å². The first-order valence-electron chi connectivity index (χ1n) is 9.19. The second-order valence-electron chi connectivity index (χ2n) is 7.96. The monoisotopic (exact) mass is 393 g/mol. The number of hydrogen-bond acceptors (Lipinski definition) is 5. The smallest absolute Gasteiger partial charge is 0.250 e. The number of methoxy groups -OCH3 is 1. The summed E-state index contributed by atoms with van der Waals surface area (Å²) in [4.78, 5) is 35.9. The fourth-order valence-corrected chi connectivity index (χ4v) is 3.13. The summed E-state index contributed by atoms with van der Waals surface area (Å²) in [5.74, 6) is -2.28. The second kappa shape index (κ2) is 10.1. The number of primary amides is 2. The molecule has 0 radical (unpaired) electrons. The predicted octanol–water partition coefficient (Wildman–Crippen LogP) is 1.63. The number of aryl methyl sites for hydroxylation is 1. The van der Waals surface area contributed by atoms with Crippen LogP contribution in [0, 0.1) is 11.3 Å². The molecular formula is C20H31N3O5. The molecule has 0 aliphatic rings. The minimum absolute atomic E-state index is 0.214. The first-order valence-corrected chi connectivity index (χ1v) is 9.19. The molecule has 0 aromatic heterocycles. The fourth-order valence-electron chi connectivity index (χ4n) is 3.13. The van der Waals surface area contributed by atoms with Gasteiger partial charge in [-0.15, -0.1) is 0 Å². The van der Waals surface area contributed by atoms with Gasteiger partial charge in [0.2, 0.25) is 17.7 Å². The topological polar surface area (TPSA) is 136 Å². The Labute approximate surface area is 165 Å². The van der Waals surface area contributed by atoms with Crippen LogP contribution in [0.4, 0.5) is 0 Å². The van der Waals surface area contributed by atoms with Gasteiger partial charge in [0, 0.05) is 12.3 Å². The lowest BCUT2D eigenvalue weighted by Crippen LogP contribution is -2.54. The van der Waals surface area contributed by atoms with Gasteiger partial charge in [-0.3, -0.25) is 19.6 Å². The van der Waals surface area contributed by atoms with Crippen molar-refractivity contribution in [1.82, 2.24) is 5.06 Å². The van der Waals surface area contributed by atoms with E-state index in [0.29, 0.717) is 24.3 Å². The molecule has 0 bridgehead atoms. The molecule has 0 fully saturated rings. The van der Waals surface area contributed by atoms with Crippen LogP contribution in [0.1, 0.15) is 45.6 Å². The molecule has 2 atom stereocenters. The highest BCUT2D eigenvalue weighted by molar-refractivity contribution is 5.89. The Morgan fingerprint density at radius 2 is 1.71 bits per heavy atom. The summed E-state index contributed by atoms with van der Waals surface area (Å²) >= 11 is 0. The summed E-state index contributed by atoms with van der Waals surface area (Å²) in [6, 6.07) is 6.32. The van der Waals surface area contributed by atoms with Crippen LogP contribution in [0.25, 0.3) is 0 Å². The zero-order chi connectivity index (χ0) is 21.5. The third-order valence-corrected chi connectivity index (χ3v) is 4.53. The molecule has 3 amide bonds. The second-order valence-corrected chi connectivity index (χ2v) is 7.96. The van der Waals surface area contributed by atoms with Crippen molar-refractivity contribution in [2.24, 2.45) is 22.8 Å². The molecule has 0 saturated carbocycles. The number of carbonyl (C=O) groups excluding carboxylic acids is 3. The number of nitrogens with two attached hydrogens (primary N) is 2. The Bertz CT molecular complexity index is 682. The third kappa shape index (κ3) is 6.84. The molecule has 8 heteroatoms. The molecule has 8 nitrogen and oxygen atoms in total. The van der Waals surface area contributed by atoms with Crippen molar-refractivity contribution in [3.63, 3.8) is 0 Å². The predicted molar refractivity (Wildman–Crippen MR) is 104 cm³/mol. The highest BCUT2D eigenvalue weighted by Crippen LogP contribution is 2.26. The molecule has 5 N–H and O–H groups in total. The van der Waals surface area contributed by atoms with Crippen molar-refractivity contribution in [2.45, 2.75) is 52.5 Å². The quantitative estimate of drug-likeness (QED) is 0.410. The number of hydrogen-bond donors (Lipinski definition) is 3. The molecule has 0 aliphatic heterocycles. The number of rotatable bonds is 10. The number of benzene rings is 1. The molecule has 0 saturated heterocycles. The van der Waals surface area contributed by atoms with Crippen molar-refractivity contribution in [3.05, 3.63) is 29.8 Å². The normalized spacial score (nSPS) is 13.5. The van der Waals surface area contributed by atoms with Gasteiger partial charge >= 0.3 is 0 Å². The van der Waals surface area contributed by atoms with Crippen molar-refractivity contribution in [2.75, 3.05) is 7.11 Å². The first-order chi connectivity index (χ1) is 13.0. The molecule has 28 heavy (non-hydrogen) atoms. The lowest BCUT2D eigenvalue weighted by molar-refractivity contribution is -0.192. The van der Waals surface area contributed by atoms with Gasteiger partial charge in [-0.25, -0.2) is 5.06 Å². The number of hydroxylamine groups is 2. The molecule has 1 rings (SSSR count). The fraction of sp³-hybridized carbons (Fsp3) is 0.550. The van der Waals surface area contributed by atoms with Gasteiger partial charge in [0.25, 0.3) is 0 Å². The number of carbonyl (C=O) groups is 3. The van der Waals surface area contributed by atoms with Gasteiger partial charge in [-0.05, 0) is 42.4 Å². The first kappa shape index (κ1) is 23.4. The summed E-state index contributed by atoms with van der Waals surface area (Å²) in [5, 5.41) is 10.7. The van der Waals surface area contributed by atoms with Gasteiger partial charge in [-0.2, -0.15) is 0 Å². The zero-order valence-corrected chi connectivity index (χ0v) is 17.0. The SMILES string of the molecule is COc1ccc(CCC[C@H](CC(N)=O)C(=O)N(O)[C@H](C(N)=O)C(C)(C)C)cc1. The van der Waals surface area contributed by atoms with Crippen LogP contribution in [0.15, 0.2) is 24.3 Å². The van der Waals surface area contributed by atoms with Crippen molar-refractivity contribution >= 4 is 17.7 Å². The van der Waals surface area contributed by atoms with E-state index in [9.17, 15) is 19.6 Å². The molecular weight excluding hydrogens is 362 g/mol. The van der Waals surface area contributed by atoms with E-state index in [1.165, 1.54) is 0 Å². The average molecular weight is 393 g/mol. The van der Waals surface area contributed by atoms with Crippen LogP contribution in [0.5, 0.6) is 5.75 Å². The summed E-state index contributed by atoms with van der Waals surface area (Å²) in [6.07, 6.45) is 1.39. The molecule has 0 heterocycles. The number of amides is 3. The molecule has 156 valence electrons. The van der Waals surface area contributed by atoms with Gasteiger partial charge in [-0.1, -0.05) is 32.9 Å². The zero-order valence-electron chi connectivity index (χ0n) is 17.0. The van der Waals surface area contributed by atoms with E-state index < -0.39 is 35.1 Å². The largest absolute Gasteiger partial charge is 0.497 e. The third-order valence-electron chi connectivity index (χ3n) is 4.53. The summed E-state index contributed by atoms with van der Waals surface area (Å²) < 4.78 is 5.12. The average Bonchev–Trinajstić information content (AvgIpc) is 2.58.